The highest BCUT2D eigenvalue weighted by molar-refractivity contribution is 7.99. The van der Waals surface area contributed by atoms with E-state index >= 15 is 0 Å². The van der Waals surface area contributed by atoms with Gasteiger partial charge in [-0.2, -0.15) is 0 Å². The average Bonchev–Trinajstić information content (AvgIpc) is 2.70. The van der Waals surface area contributed by atoms with Crippen LogP contribution in [0.2, 0.25) is 5.02 Å². The molecule has 2 rings (SSSR count). The second-order valence-corrected chi connectivity index (χ2v) is 8.02. The van der Waals surface area contributed by atoms with Crippen molar-refractivity contribution < 1.29 is 9.59 Å². The number of benzene rings is 2. The highest BCUT2D eigenvalue weighted by Crippen LogP contribution is 2.17. The van der Waals surface area contributed by atoms with Gasteiger partial charge < -0.3 is 10.2 Å². The Morgan fingerprint density at radius 3 is 2.50 bits per heavy atom. The Morgan fingerprint density at radius 1 is 1.11 bits per heavy atom. The summed E-state index contributed by atoms with van der Waals surface area (Å²) >= 11 is 7.64. The molecule has 0 saturated carbocycles. The first kappa shape index (κ1) is 22.3. The minimum absolute atomic E-state index is 0.0555. The number of carbonyl (C=O) groups excluding carboxylic acids is 2. The van der Waals surface area contributed by atoms with E-state index in [4.69, 9.17) is 11.6 Å². The molecule has 0 saturated heterocycles. The van der Waals surface area contributed by atoms with Crippen LogP contribution < -0.4 is 5.32 Å². The molecule has 2 aromatic carbocycles. The molecular formula is C22H27ClN2O2S. The molecule has 0 spiro atoms. The average molecular weight is 419 g/mol. The van der Waals surface area contributed by atoms with Crippen LogP contribution in [0.5, 0.6) is 0 Å². The van der Waals surface area contributed by atoms with Gasteiger partial charge in [0.25, 0.3) is 0 Å². The van der Waals surface area contributed by atoms with E-state index < -0.39 is 6.04 Å². The maximum absolute atomic E-state index is 12.9. The topological polar surface area (TPSA) is 49.4 Å². The van der Waals surface area contributed by atoms with E-state index in [1.165, 1.54) is 5.56 Å². The molecule has 0 fully saturated rings. The quantitative estimate of drug-likeness (QED) is 0.617. The van der Waals surface area contributed by atoms with Crippen molar-refractivity contribution >= 4 is 35.2 Å². The van der Waals surface area contributed by atoms with E-state index in [-0.39, 0.29) is 11.8 Å². The van der Waals surface area contributed by atoms with Crippen molar-refractivity contribution in [3.63, 3.8) is 0 Å². The van der Waals surface area contributed by atoms with Crippen LogP contribution in [-0.2, 0) is 21.9 Å². The maximum atomic E-state index is 12.9. The lowest BCUT2D eigenvalue weighted by Crippen LogP contribution is -2.48. The summed E-state index contributed by atoms with van der Waals surface area (Å²) in [5, 5.41) is 3.50. The summed E-state index contributed by atoms with van der Waals surface area (Å²) in [7, 11) is 0. The lowest BCUT2D eigenvalue weighted by molar-refractivity contribution is -0.138. The summed E-state index contributed by atoms with van der Waals surface area (Å²) < 4.78 is 0. The third-order valence-corrected chi connectivity index (χ3v) is 5.52. The molecule has 150 valence electrons. The van der Waals surface area contributed by atoms with Gasteiger partial charge in [0, 0.05) is 23.9 Å². The van der Waals surface area contributed by atoms with Crippen LogP contribution in [0.25, 0.3) is 0 Å². The molecule has 28 heavy (non-hydrogen) atoms. The lowest BCUT2D eigenvalue weighted by atomic mass is 10.1. The van der Waals surface area contributed by atoms with E-state index in [9.17, 15) is 9.59 Å². The third-order valence-electron chi connectivity index (χ3n) is 4.30. The minimum atomic E-state index is -0.546. The number of halogens is 1. The molecule has 0 heterocycles. The number of nitrogens with zero attached hydrogens (tertiary/aromatic N) is 1. The Labute approximate surface area is 176 Å². The van der Waals surface area contributed by atoms with Crippen LogP contribution in [-0.4, -0.2) is 35.1 Å². The fourth-order valence-electron chi connectivity index (χ4n) is 2.72. The van der Waals surface area contributed by atoms with Crippen molar-refractivity contribution in [3.8, 4) is 0 Å². The smallest absolute Gasteiger partial charge is 0.242 e. The van der Waals surface area contributed by atoms with Crippen LogP contribution in [0, 0.1) is 0 Å². The largest absolute Gasteiger partial charge is 0.354 e. The van der Waals surface area contributed by atoms with Crippen LogP contribution in [0.4, 0.5) is 0 Å². The van der Waals surface area contributed by atoms with Crippen LogP contribution >= 0.6 is 23.4 Å². The van der Waals surface area contributed by atoms with E-state index in [0.717, 1.165) is 17.7 Å². The number of rotatable bonds is 10. The van der Waals surface area contributed by atoms with Gasteiger partial charge in [0.15, 0.2) is 0 Å². The van der Waals surface area contributed by atoms with Gasteiger partial charge in [-0.3, -0.25) is 9.59 Å². The number of amides is 2. The van der Waals surface area contributed by atoms with Gasteiger partial charge in [-0.15, -0.1) is 11.8 Å². The molecule has 2 amide bonds. The van der Waals surface area contributed by atoms with Crippen LogP contribution in [0.1, 0.15) is 31.4 Å². The van der Waals surface area contributed by atoms with E-state index in [1.807, 2.05) is 55.5 Å². The van der Waals surface area contributed by atoms with Crippen LogP contribution in [0.3, 0.4) is 0 Å². The van der Waals surface area contributed by atoms with E-state index in [2.05, 4.69) is 5.32 Å². The highest BCUT2D eigenvalue weighted by atomic mass is 35.5. The Kier molecular flexibility index (Phi) is 9.38. The van der Waals surface area contributed by atoms with Gasteiger partial charge in [-0.1, -0.05) is 61.0 Å². The van der Waals surface area contributed by atoms with Gasteiger partial charge in [0.2, 0.25) is 11.8 Å². The number of hydrogen-bond donors (Lipinski definition) is 1. The number of thioether (sulfide) groups is 1. The number of hydrogen-bond acceptors (Lipinski definition) is 3. The van der Waals surface area contributed by atoms with Gasteiger partial charge in [0.05, 0.1) is 5.75 Å². The molecule has 1 atom stereocenters. The Morgan fingerprint density at radius 2 is 1.82 bits per heavy atom. The zero-order chi connectivity index (χ0) is 20.4. The first-order chi connectivity index (χ1) is 13.5. The lowest BCUT2D eigenvalue weighted by Gasteiger charge is -2.28. The molecule has 0 aromatic heterocycles. The summed E-state index contributed by atoms with van der Waals surface area (Å²) in [6.07, 6.45) is 0.855. The summed E-state index contributed by atoms with van der Waals surface area (Å²) in [4.78, 5) is 27.0. The maximum Gasteiger partial charge on any atom is 0.242 e. The van der Waals surface area contributed by atoms with Gasteiger partial charge in [-0.05, 0) is 36.6 Å². The fourth-order valence-corrected chi connectivity index (χ4v) is 3.81. The first-order valence-corrected chi connectivity index (χ1v) is 11.0. The molecule has 4 nitrogen and oxygen atoms in total. The number of nitrogens with one attached hydrogen (secondary N) is 1. The van der Waals surface area contributed by atoms with Gasteiger partial charge in [-0.25, -0.2) is 0 Å². The molecule has 0 aliphatic rings. The predicted octanol–water partition coefficient (Wildman–Crippen LogP) is 4.52. The minimum Gasteiger partial charge on any atom is -0.354 e. The molecule has 0 aliphatic heterocycles. The van der Waals surface area contributed by atoms with Crippen molar-refractivity contribution in [1.82, 2.24) is 10.2 Å². The highest BCUT2D eigenvalue weighted by Gasteiger charge is 2.25. The van der Waals surface area contributed by atoms with E-state index in [1.54, 1.807) is 29.7 Å². The van der Waals surface area contributed by atoms with Gasteiger partial charge >= 0.3 is 0 Å². The van der Waals surface area contributed by atoms with Gasteiger partial charge in [0.1, 0.15) is 6.04 Å². The van der Waals surface area contributed by atoms with E-state index in [0.29, 0.717) is 23.9 Å². The molecule has 1 unspecified atom stereocenters. The summed E-state index contributed by atoms with van der Waals surface area (Å²) in [5.41, 5.74) is 2.08. The fraction of sp³-hybridized carbons (Fsp3) is 0.364. The first-order valence-electron chi connectivity index (χ1n) is 9.44. The molecular weight excluding hydrogens is 392 g/mol. The van der Waals surface area contributed by atoms with Crippen LogP contribution in [0.15, 0.2) is 54.6 Å². The standard InChI is InChI=1S/C22H27ClN2O2S/c1-3-12-24-22(27)17(2)25(14-19-10-7-11-20(23)13-19)21(26)16-28-15-18-8-5-4-6-9-18/h4-11,13,17H,3,12,14-16H2,1-2H3,(H,24,27). The molecule has 0 aliphatic carbocycles. The molecule has 2 aromatic rings. The van der Waals surface area contributed by atoms with Crippen molar-refractivity contribution in [2.75, 3.05) is 12.3 Å². The predicted molar refractivity (Wildman–Crippen MR) is 117 cm³/mol. The molecule has 0 radical (unpaired) electrons. The molecule has 6 heteroatoms. The number of carbonyl (C=O) groups is 2. The normalized spacial score (nSPS) is 11.7. The Balaban J connectivity index is 2.04. The zero-order valence-electron chi connectivity index (χ0n) is 16.4. The second kappa shape index (κ2) is 11.8. The van der Waals surface area contributed by atoms with Crippen molar-refractivity contribution in [3.05, 3.63) is 70.7 Å². The summed E-state index contributed by atoms with van der Waals surface area (Å²) in [6.45, 7) is 4.73. The third kappa shape index (κ3) is 7.21. The monoisotopic (exact) mass is 418 g/mol. The second-order valence-electron chi connectivity index (χ2n) is 6.60. The van der Waals surface area contributed by atoms with Crippen molar-refractivity contribution in [1.29, 1.82) is 0 Å². The Hall–Kier alpha value is -1.98. The molecule has 0 bridgehead atoms. The zero-order valence-corrected chi connectivity index (χ0v) is 17.9. The SMILES string of the molecule is CCCNC(=O)C(C)N(Cc1cccc(Cl)c1)C(=O)CSCc1ccccc1. The van der Waals surface area contributed by atoms with Crippen molar-refractivity contribution in [2.24, 2.45) is 0 Å². The summed E-state index contributed by atoms with van der Waals surface area (Å²) in [6, 6.07) is 16.9. The summed E-state index contributed by atoms with van der Waals surface area (Å²) in [5.74, 6) is 0.889. The molecule has 1 N–H and O–H groups in total. The Bertz CT molecular complexity index is 770. The van der Waals surface area contributed by atoms with Crippen molar-refractivity contribution in [2.45, 2.75) is 38.6 Å².